The quantitative estimate of drug-likeness (QED) is 0.615. The van der Waals surface area contributed by atoms with E-state index in [1.165, 1.54) is 18.2 Å². The number of halogens is 2. The van der Waals surface area contributed by atoms with Crippen molar-refractivity contribution >= 4 is 29.1 Å². The maximum absolute atomic E-state index is 12.9. The fourth-order valence-electron chi connectivity index (χ4n) is 1.83. The summed E-state index contributed by atoms with van der Waals surface area (Å²) < 4.78 is 12.9. The van der Waals surface area contributed by atoms with E-state index in [0.717, 1.165) is 17.3 Å². The van der Waals surface area contributed by atoms with Gasteiger partial charge in [0.05, 0.1) is 5.02 Å². The molecule has 0 spiro atoms. The molecule has 2 nitrogen and oxygen atoms in total. The molecular formula is C17H15ClFNO. The van der Waals surface area contributed by atoms with Crippen molar-refractivity contribution in [3.05, 3.63) is 70.5 Å². The zero-order chi connectivity index (χ0) is 15.4. The Kier molecular flexibility index (Phi) is 4.76. The van der Waals surface area contributed by atoms with E-state index >= 15 is 0 Å². The van der Waals surface area contributed by atoms with Gasteiger partial charge in [-0.3, -0.25) is 4.79 Å². The molecule has 2 aromatic carbocycles. The van der Waals surface area contributed by atoms with Gasteiger partial charge in [-0.15, -0.1) is 0 Å². The summed E-state index contributed by atoms with van der Waals surface area (Å²) in [7, 11) is 3.93. The van der Waals surface area contributed by atoms with Gasteiger partial charge in [0.15, 0.2) is 5.78 Å². The number of anilines is 1. The van der Waals surface area contributed by atoms with Gasteiger partial charge in [-0.05, 0) is 42.0 Å². The summed E-state index contributed by atoms with van der Waals surface area (Å²) in [4.78, 5) is 14.0. The van der Waals surface area contributed by atoms with Gasteiger partial charge in [0.2, 0.25) is 0 Å². The number of nitrogens with zero attached hydrogens (tertiary/aromatic N) is 1. The Labute approximate surface area is 128 Å². The first-order valence-corrected chi connectivity index (χ1v) is 6.80. The van der Waals surface area contributed by atoms with Crippen molar-refractivity contribution in [2.24, 2.45) is 0 Å². The van der Waals surface area contributed by atoms with Crippen LogP contribution in [-0.2, 0) is 0 Å². The monoisotopic (exact) mass is 303 g/mol. The van der Waals surface area contributed by atoms with Crippen LogP contribution in [0.2, 0.25) is 5.02 Å². The first-order valence-electron chi connectivity index (χ1n) is 6.42. The van der Waals surface area contributed by atoms with E-state index in [9.17, 15) is 9.18 Å². The number of hydrogen-bond donors (Lipinski definition) is 0. The first kappa shape index (κ1) is 15.3. The number of allylic oxidation sites excluding steroid dienone is 1. The second-order valence-corrected chi connectivity index (χ2v) is 5.21. The minimum Gasteiger partial charge on any atom is -0.378 e. The molecule has 4 heteroatoms. The molecule has 0 N–H and O–H groups in total. The third-order valence-electron chi connectivity index (χ3n) is 3.03. The summed E-state index contributed by atoms with van der Waals surface area (Å²) >= 11 is 5.86. The minimum atomic E-state index is -0.459. The molecule has 21 heavy (non-hydrogen) atoms. The molecular weight excluding hydrogens is 289 g/mol. The second-order valence-electron chi connectivity index (χ2n) is 4.81. The van der Waals surface area contributed by atoms with Crippen molar-refractivity contribution in [1.82, 2.24) is 0 Å². The highest BCUT2D eigenvalue weighted by Crippen LogP contribution is 2.19. The van der Waals surface area contributed by atoms with Crippen LogP contribution in [0.1, 0.15) is 15.9 Å². The van der Waals surface area contributed by atoms with Crippen LogP contribution < -0.4 is 4.90 Å². The number of hydrogen-bond acceptors (Lipinski definition) is 2. The molecule has 0 fully saturated rings. The van der Waals surface area contributed by atoms with Crippen molar-refractivity contribution in [2.75, 3.05) is 19.0 Å². The largest absolute Gasteiger partial charge is 0.378 e. The maximum atomic E-state index is 12.9. The normalized spacial score (nSPS) is 10.9. The van der Waals surface area contributed by atoms with Gasteiger partial charge in [0, 0.05) is 25.3 Å². The Morgan fingerprint density at radius 3 is 2.38 bits per heavy atom. The Morgan fingerprint density at radius 2 is 1.81 bits per heavy atom. The molecule has 2 rings (SSSR count). The zero-order valence-electron chi connectivity index (χ0n) is 11.8. The molecule has 0 aliphatic carbocycles. The third kappa shape index (κ3) is 3.92. The van der Waals surface area contributed by atoms with E-state index in [0.29, 0.717) is 5.56 Å². The molecule has 108 valence electrons. The Morgan fingerprint density at radius 1 is 1.14 bits per heavy atom. The highest BCUT2D eigenvalue weighted by molar-refractivity contribution is 6.34. The lowest BCUT2D eigenvalue weighted by molar-refractivity contribution is 0.104. The zero-order valence-corrected chi connectivity index (χ0v) is 12.6. The molecule has 0 aromatic heterocycles. The van der Waals surface area contributed by atoms with Crippen molar-refractivity contribution in [3.63, 3.8) is 0 Å². The van der Waals surface area contributed by atoms with Crippen LogP contribution in [0.3, 0.4) is 0 Å². The molecule has 0 saturated carbocycles. The third-order valence-corrected chi connectivity index (χ3v) is 3.35. The molecule has 0 aliphatic rings. The van der Waals surface area contributed by atoms with Gasteiger partial charge < -0.3 is 4.90 Å². The van der Waals surface area contributed by atoms with E-state index in [-0.39, 0.29) is 10.8 Å². The minimum absolute atomic E-state index is 0.118. The molecule has 0 atom stereocenters. The van der Waals surface area contributed by atoms with Crippen molar-refractivity contribution < 1.29 is 9.18 Å². The van der Waals surface area contributed by atoms with Gasteiger partial charge in [-0.25, -0.2) is 4.39 Å². The SMILES string of the molecule is CN(C)c1ccc(/C=C/C(=O)c2ccc(F)cc2Cl)cc1. The van der Waals surface area contributed by atoms with Gasteiger partial charge in [-0.1, -0.05) is 29.8 Å². The second kappa shape index (κ2) is 6.55. The van der Waals surface area contributed by atoms with Crippen molar-refractivity contribution in [2.45, 2.75) is 0 Å². The molecule has 0 amide bonds. The standard InChI is InChI=1S/C17H15ClFNO/c1-20(2)14-7-3-12(4-8-14)5-10-17(21)15-9-6-13(19)11-16(15)18/h3-11H,1-2H3/b10-5+. The van der Waals surface area contributed by atoms with Crippen LogP contribution in [-0.4, -0.2) is 19.9 Å². The number of rotatable bonds is 4. The van der Waals surface area contributed by atoms with Gasteiger partial charge in [0.25, 0.3) is 0 Å². The summed E-state index contributed by atoms with van der Waals surface area (Å²) in [6, 6.07) is 11.5. The molecule has 2 aromatic rings. The molecule has 0 heterocycles. The predicted molar refractivity (Wildman–Crippen MR) is 85.5 cm³/mol. The van der Waals surface area contributed by atoms with E-state index in [1.807, 2.05) is 43.3 Å². The predicted octanol–water partition coefficient (Wildman–Crippen LogP) is 4.44. The average Bonchev–Trinajstić information content (AvgIpc) is 2.45. The fraction of sp³-hybridized carbons (Fsp3) is 0.118. The highest BCUT2D eigenvalue weighted by atomic mass is 35.5. The average molecular weight is 304 g/mol. The lowest BCUT2D eigenvalue weighted by Crippen LogP contribution is -2.07. The number of benzene rings is 2. The van der Waals surface area contributed by atoms with Crippen LogP contribution in [0.5, 0.6) is 0 Å². The lowest BCUT2D eigenvalue weighted by Gasteiger charge is -2.11. The lowest BCUT2D eigenvalue weighted by atomic mass is 10.1. The highest BCUT2D eigenvalue weighted by Gasteiger charge is 2.08. The number of carbonyl (C=O) groups excluding carboxylic acids is 1. The molecule has 0 unspecified atom stereocenters. The summed E-state index contributed by atoms with van der Waals surface area (Å²) in [5.41, 5.74) is 2.28. The van der Waals surface area contributed by atoms with Crippen LogP contribution in [0.4, 0.5) is 10.1 Å². The van der Waals surface area contributed by atoms with Crippen LogP contribution in [0, 0.1) is 5.82 Å². The Hall–Kier alpha value is -2.13. The maximum Gasteiger partial charge on any atom is 0.187 e. The van der Waals surface area contributed by atoms with E-state index < -0.39 is 5.82 Å². The van der Waals surface area contributed by atoms with Crippen molar-refractivity contribution in [3.8, 4) is 0 Å². The van der Waals surface area contributed by atoms with Crippen LogP contribution >= 0.6 is 11.6 Å². The Bertz CT molecular complexity index is 678. The van der Waals surface area contributed by atoms with Crippen molar-refractivity contribution in [1.29, 1.82) is 0 Å². The number of ketones is 1. The Balaban J connectivity index is 2.15. The summed E-state index contributed by atoms with van der Waals surface area (Å²) in [5.74, 6) is -0.712. The molecule has 0 bridgehead atoms. The topological polar surface area (TPSA) is 20.3 Å². The molecule has 0 aliphatic heterocycles. The van der Waals surface area contributed by atoms with Crippen LogP contribution in [0.15, 0.2) is 48.5 Å². The molecule has 0 radical (unpaired) electrons. The number of carbonyl (C=O) groups is 1. The van der Waals surface area contributed by atoms with E-state index in [2.05, 4.69) is 0 Å². The first-order chi connectivity index (χ1) is 9.97. The summed E-state index contributed by atoms with van der Waals surface area (Å²) in [6.45, 7) is 0. The van der Waals surface area contributed by atoms with E-state index in [1.54, 1.807) is 6.08 Å². The smallest absolute Gasteiger partial charge is 0.187 e. The van der Waals surface area contributed by atoms with Gasteiger partial charge >= 0.3 is 0 Å². The molecule has 0 saturated heterocycles. The van der Waals surface area contributed by atoms with Gasteiger partial charge in [-0.2, -0.15) is 0 Å². The summed E-state index contributed by atoms with van der Waals surface area (Å²) in [6.07, 6.45) is 3.14. The van der Waals surface area contributed by atoms with E-state index in [4.69, 9.17) is 11.6 Å². The van der Waals surface area contributed by atoms with Crippen LogP contribution in [0.25, 0.3) is 6.08 Å². The fourth-order valence-corrected chi connectivity index (χ4v) is 2.09. The van der Waals surface area contributed by atoms with Gasteiger partial charge in [0.1, 0.15) is 5.82 Å². The summed E-state index contributed by atoms with van der Waals surface area (Å²) in [5, 5.41) is 0.118.